The van der Waals surface area contributed by atoms with Crippen LogP contribution in [0.3, 0.4) is 0 Å². The third-order valence-corrected chi connectivity index (χ3v) is 3.92. The van der Waals surface area contributed by atoms with Crippen molar-refractivity contribution in [2.24, 2.45) is 0 Å². The van der Waals surface area contributed by atoms with Gasteiger partial charge in [-0.3, -0.25) is 14.6 Å². The molecule has 23 heavy (non-hydrogen) atoms. The van der Waals surface area contributed by atoms with Crippen molar-refractivity contribution >= 4 is 23.2 Å². The molecule has 1 aliphatic rings. The van der Waals surface area contributed by atoms with Crippen LogP contribution in [0.2, 0.25) is 0 Å². The van der Waals surface area contributed by atoms with Crippen molar-refractivity contribution in [3.63, 3.8) is 0 Å². The van der Waals surface area contributed by atoms with E-state index in [0.29, 0.717) is 12.2 Å². The Bertz CT molecular complexity index is 771. The number of carbonyl (C=O) groups is 2. The minimum Gasteiger partial charge on any atom is -0.326 e. The van der Waals surface area contributed by atoms with Gasteiger partial charge < -0.3 is 10.2 Å². The molecule has 3 rings (SSSR count). The van der Waals surface area contributed by atoms with E-state index in [4.69, 9.17) is 0 Å². The van der Waals surface area contributed by atoms with Gasteiger partial charge in [0.15, 0.2) is 0 Å². The lowest BCUT2D eigenvalue weighted by Gasteiger charge is -2.18. The summed E-state index contributed by atoms with van der Waals surface area (Å²) in [6, 6.07) is 9.41. The summed E-state index contributed by atoms with van der Waals surface area (Å²) in [7, 11) is 0. The Hall–Kier alpha value is -2.69. The number of rotatable bonds is 3. The summed E-state index contributed by atoms with van der Waals surface area (Å²) >= 11 is 0. The molecule has 0 unspecified atom stereocenters. The third kappa shape index (κ3) is 3.23. The molecular weight excluding hydrogens is 290 g/mol. The highest BCUT2D eigenvalue weighted by Crippen LogP contribution is 2.28. The Balaban J connectivity index is 1.82. The summed E-state index contributed by atoms with van der Waals surface area (Å²) in [4.78, 5) is 30.2. The first-order valence-corrected chi connectivity index (χ1v) is 7.66. The lowest BCUT2D eigenvalue weighted by Crippen LogP contribution is -2.30. The van der Waals surface area contributed by atoms with E-state index in [0.717, 1.165) is 28.9 Å². The van der Waals surface area contributed by atoms with Gasteiger partial charge in [0.05, 0.1) is 17.8 Å². The van der Waals surface area contributed by atoms with E-state index in [2.05, 4.69) is 10.3 Å². The monoisotopic (exact) mass is 309 g/mol. The first-order valence-electron chi connectivity index (χ1n) is 7.66. The van der Waals surface area contributed by atoms with Crippen LogP contribution in [0.5, 0.6) is 0 Å². The zero-order valence-corrected chi connectivity index (χ0v) is 13.3. The fraction of sp³-hybridized carbons (Fsp3) is 0.278. The second kappa shape index (κ2) is 6.20. The van der Waals surface area contributed by atoms with E-state index in [1.54, 1.807) is 4.90 Å². The van der Waals surface area contributed by atoms with Gasteiger partial charge in [-0.15, -0.1) is 0 Å². The van der Waals surface area contributed by atoms with Crippen LogP contribution in [-0.2, 0) is 22.4 Å². The average molecular weight is 309 g/mol. The molecule has 1 N–H and O–H groups in total. The van der Waals surface area contributed by atoms with Crippen molar-refractivity contribution in [3.8, 4) is 0 Å². The van der Waals surface area contributed by atoms with Gasteiger partial charge in [0.1, 0.15) is 0 Å². The number of nitrogens with one attached hydrogen (secondary N) is 1. The van der Waals surface area contributed by atoms with E-state index in [-0.39, 0.29) is 18.2 Å². The number of hydrogen-bond donors (Lipinski definition) is 1. The Morgan fingerprint density at radius 1 is 1.30 bits per heavy atom. The second-order valence-corrected chi connectivity index (χ2v) is 5.79. The molecule has 2 aromatic rings. The summed E-state index contributed by atoms with van der Waals surface area (Å²) in [5, 5.41) is 2.78. The van der Waals surface area contributed by atoms with E-state index in [1.165, 1.54) is 6.92 Å². The molecule has 0 aliphatic carbocycles. The normalized spacial score (nSPS) is 12.9. The maximum Gasteiger partial charge on any atom is 0.231 e. The van der Waals surface area contributed by atoms with Gasteiger partial charge in [0.25, 0.3) is 0 Å². The summed E-state index contributed by atoms with van der Waals surface area (Å²) in [5.74, 6) is -0.120. The summed E-state index contributed by atoms with van der Waals surface area (Å²) < 4.78 is 0. The largest absolute Gasteiger partial charge is 0.326 e. The van der Waals surface area contributed by atoms with Crippen LogP contribution in [0.25, 0.3) is 0 Å². The van der Waals surface area contributed by atoms with Gasteiger partial charge in [-0.25, -0.2) is 0 Å². The van der Waals surface area contributed by atoms with E-state index >= 15 is 0 Å². The highest BCUT2D eigenvalue weighted by atomic mass is 16.2. The molecule has 0 fully saturated rings. The number of benzene rings is 1. The molecule has 0 spiro atoms. The third-order valence-electron chi connectivity index (χ3n) is 3.92. The van der Waals surface area contributed by atoms with Gasteiger partial charge in [-0.1, -0.05) is 18.2 Å². The molecule has 0 saturated carbocycles. The number of carbonyl (C=O) groups excluding carboxylic acids is 2. The zero-order valence-electron chi connectivity index (χ0n) is 13.3. The first kappa shape index (κ1) is 15.2. The summed E-state index contributed by atoms with van der Waals surface area (Å²) in [6.45, 7) is 4.09. The number of anilines is 2. The zero-order chi connectivity index (χ0) is 16.4. The predicted molar refractivity (Wildman–Crippen MR) is 89.5 cm³/mol. The molecule has 1 aromatic heterocycles. The Morgan fingerprint density at radius 2 is 2.09 bits per heavy atom. The first-order chi connectivity index (χ1) is 11.0. The van der Waals surface area contributed by atoms with Crippen LogP contribution >= 0.6 is 0 Å². The molecule has 2 heterocycles. The van der Waals surface area contributed by atoms with E-state index in [9.17, 15) is 9.59 Å². The lowest BCUT2D eigenvalue weighted by molar-refractivity contribution is -0.118. The van der Waals surface area contributed by atoms with Crippen LogP contribution < -0.4 is 10.2 Å². The number of para-hydroxylation sites is 1. The number of aryl methyl sites for hydroxylation is 1. The fourth-order valence-electron chi connectivity index (χ4n) is 2.85. The van der Waals surface area contributed by atoms with Gasteiger partial charge >= 0.3 is 0 Å². The average Bonchev–Trinajstić information content (AvgIpc) is 2.91. The van der Waals surface area contributed by atoms with E-state index in [1.807, 2.05) is 43.5 Å². The van der Waals surface area contributed by atoms with Crippen LogP contribution in [0, 0.1) is 6.92 Å². The minimum atomic E-state index is -0.142. The number of aromatic nitrogens is 1. The van der Waals surface area contributed by atoms with Crippen molar-refractivity contribution in [1.29, 1.82) is 0 Å². The topological polar surface area (TPSA) is 62.3 Å². The second-order valence-electron chi connectivity index (χ2n) is 5.79. The van der Waals surface area contributed by atoms with Crippen LogP contribution in [-0.4, -0.2) is 23.3 Å². The van der Waals surface area contributed by atoms with Gasteiger partial charge in [-0.2, -0.15) is 0 Å². The van der Waals surface area contributed by atoms with Crippen molar-refractivity contribution in [2.45, 2.75) is 26.7 Å². The van der Waals surface area contributed by atoms with Crippen LogP contribution in [0.4, 0.5) is 11.4 Å². The molecule has 1 aliphatic heterocycles. The molecule has 118 valence electrons. The summed E-state index contributed by atoms with van der Waals surface area (Å²) in [6.07, 6.45) is 2.87. The number of pyridine rings is 1. The predicted octanol–water partition coefficient (Wildman–Crippen LogP) is 2.48. The van der Waals surface area contributed by atoms with Crippen molar-refractivity contribution in [1.82, 2.24) is 4.98 Å². The maximum absolute atomic E-state index is 12.7. The van der Waals surface area contributed by atoms with Crippen molar-refractivity contribution < 1.29 is 9.59 Å². The molecule has 0 radical (unpaired) electrons. The molecule has 0 saturated heterocycles. The molecular formula is C18H19N3O2. The number of hydrogen-bond acceptors (Lipinski definition) is 3. The van der Waals surface area contributed by atoms with Gasteiger partial charge in [0.2, 0.25) is 11.8 Å². The Morgan fingerprint density at radius 3 is 2.87 bits per heavy atom. The Kier molecular flexibility index (Phi) is 4.10. The number of fused-ring (bicyclic) bond motifs is 1. The van der Waals surface area contributed by atoms with Crippen LogP contribution in [0.15, 0.2) is 36.5 Å². The molecule has 5 heteroatoms. The highest BCUT2D eigenvalue weighted by Gasteiger charge is 2.26. The van der Waals surface area contributed by atoms with E-state index < -0.39 is 0 Å². The quantitative estimate of drug-likeness (QED) is 0.947. The van der Waals surface area contributed by atoms with Crippen molar-refractivity contribution in [3.05, 3.63) is 53.3 Å². The highest BCUT2D eigenvalue weighted by molar-refractivity contribution is 5.98. The Labute approximate surface area is 135 Å². The van der Waals surface area contributed by atoms with Gasteiger partial charge in [-0.05, 0) is 30.2 Å². The minimum absolute atomic E-state index is 0.0222. The van der Waals surface area contributed by atoms with Crippen molar-refractivity contribution in [2.75, 3.05) is 16.8 Å². The molecule has 0 bridgehead atoms. The lowest BCUT2D eigenvalue weighted by atomic mass is 10.1. The van der Waals surface area contributed by atoms with Crippen LogP contribution in [0.1, 0.15) is 23.7 Å². The molecule has 0 atom stereocenters. The summed E-state index contributed by atoms with van der Waals surface area (Å²) in [5.41, 5.74) is 4.44. The molecule has 2 amide bonds. The number of nitrogens with zero attached hydrogens (tertiary/aromatic N) is 2. The fourth-order valence-corrected chi connectivity index (χ4v) is 2.85. The SMILES string of the molecule is CC(=O)Nc1ccccc1CC(=O)N1CCc2ncc(C)cc21. The standard InChI is InChI=1S/C18H19N3O2/c1-12-9-17-16(19-11-12)7-8-21(17)18(23)10-14-5-3-4-6-15(14)20-13(2)22/h3-6,9,11H,7-8,10H2,1-2H3,(H,20,22). The molecule has 1 aromatic carbocycles. The van der Waals surface area contributed by atoms with Gasteiger partial charge in [0, 0.05) is 31.8 Å². The molecule has 5 nitrogen and oxygen atoms in total. The maximum atomic E-state index is 12.7. The smallest absolute Gasteiger partial charge is 0.231 e. The number of amides is 2.